The highest BCUT2D eigenvalue weighted by Crippen LogP contribution is 2.33. The number of hydrogen-bond donors (Lipinski definition) is 1. The van der Waals surface area contributed by atoms with Gasteiger partial charge < -0.3 is 15.0 Å². The Labute approximate surface area is 153 Å². The Morgan fingerprint density at radius 2 is 1.92 bits per heavy atom. The van der Waals surface area contributed by atoms with Gasteiger partial charge in [-0.15, -0.1) is 0 Å². The molecule has 0 atom stereocenters. The van der Waals surface area contributed by atoms with Crippen LogP contribution in [0.25, 0.3) is 0 Å². The molecule has 1 aliphatic rings. The number of methoxy groups -OCH3 is 1. The average molecular weight is 346 g/mol. The summed E-state index contributed by atoms with van der Waals surface area (Å²) in [6, 6.07) is 18.4. The fourth-order valence-corrected chi connectivity index (χ4v) is 3.37. The molecular formula is C21H22N4O. The molecule has 5 heteroatoms. The lowest BCUT2D eigenvalue weighted by Crippen LogP contribution is -2.25. The molecule has 1 aliphatic heterocycles. The van der Waals surface area contributed by atoms with Crippen LogP contribution in [0.2, 0.25) is 0 Å². The second kappa shape index (κ2) is 7.04. The summed E-state index contributed by atoms with van der Waals surface area (Å²) in [5, 5.41) is 3.37. The van der Waals surface area contributed by atoms with Gasteiger partial charge in [0.25, 0.3) is 0 Å². The Morgan fingerprint density at radius 1 is 1.04 bits per heavy atom. The van der Waals surface area contributed by atoms with Crippen molar-refractivity contribution >= 4 is 23.0 Å². The second-order valence-electron chi connectivity index (χ2n) is 6.40. The maximum absolute atomic E-state index is 5.29. The van der Waals surface area contributed by atoms with Crippen LogP contribution < -0.4 is 15.0 Å². The lowest BCUT2D eigenvalue weighted by Gasteiger charge is -2.30. The zero-order valence-electron chi connectivity index (χ0n) is 15.1. The number of nitrogens with zero attached hydrogens (tertiary/aromatic N) is 3. The average Bonchev–Trinajstić information content (AvgIpc) is 2.67. The SMILES string of the molecule is COc1cccc(Nc2cc(N3CCCc4ccccc43)nc(C)n2)c1. The van der Waals surface area contributed by atoms with E-state index in [9.17, 15) is 0 Å². The van der Waals surface area contributed by atoms with Crippen molar-refractivity contribution in [3.8, 4) is 5.75 Å². The Balaban J connectivity index is 1.67. The minimum absolute atomic E-state index is 0.746. The van der Waals surface area contributed by atoms with Gasteiger partial charge in [-0.3, -0.25) is 0 Å². The van der Waals surface area contributed by atoms with E-state index in [0.29, 0.717) is 0 Å². The summed E-state index contributed by atoms with van der Waals surface area (Å²) in [6.07, 6.45) is 2.24. The predicted molar refractivity (Wildman–Crippen MR) is 105 cm³/mol. The van der Waals surface area contributed by atoms with E-state index in [-0.39, 0.29) is 0 Å². The summed E-state index contributed by atoms with van der Waals surface area (Å²) < 4.78 is 5.29. The molecule has 0 aliphatic carbocycles. The molecular weight excluding hydrogens is 324 g/mol. The smallest absolute Gasteiger partial charge is 0.138 e. The lowest BCUT2D eigenvalue weighted by molar-refractivity contribution is 0.415. The van der Waals surface area contributed by atoms with Crippen molar-refractivity contribution in [2.45, 2.75) is 19.8 Å². The van der Waals surface area contributed by atoms with Crippen LogP contribution in [-0.4, -0.2) is 23.6 Å². The highest BCUT2D eigenvalue weighted by atomic mass is 16.5. The van der Waals surface area contributed by atoms with Gasteiger partial charge in [-0.1, -0.05) is 24.3 Å². The molecule has 0 bridgehead atoms. The number of benzene rings is 2. The normalized spacial score (nSPS) is 13.2. The molecule has 5 nitrogen and oxygen atoms in total. The molecule has 26 heavy (non-hydrogen) atoms. The zero-order chi connectivity index (χ0) is 17.9. The third-order valence-electron chi connectivity index (χ3n) is 4.55. The number of aromatic nitrogens is 2. The van der Waals surface area contributed by atoms with E-state index < -0.39 is 0 Å². The first kappa shape index (κ1) is 16.4. The standard InChI is InChI=1S/C21H22N4O/c1-15-22-20(24-17-9-5-10-18(13-17)26-2)14-21(23-15)25-12-6-8-16-7-3-4-11-19(16)25/h3-5,7,9-11,13-14H,6,8,12H2,1-2H3,(H,22,23,24). The molecule has 0 amide bonds. The summed E-state index contributed by atoms with van der Waals surface area (Å²) in [6.45, 7) is 2.89. The van der Waals surface area contributed by atoms with Gasteiger partial charge in [0, 0.05) is 30.1 Å². The van der Waals surface area contributed by atoms with Crippen molar-refractivity contribution in [1.82, 2.24) is 9.97 Å². The Morgan fingerprint density at radius 3 is 2.81 bits per heavy atom. The Hall–Kier alpha value is -3.08. The number of hydrogen-bond acceptors (Lipinski definition) is 5. The molecule has 0 fully saturated rings. The van der Waals surface area contributed by atoms with E-state index >= 15 is 0 Å². The van der Waals surface area contributed by atoms with Crippen molar-refractivity contribution in [3.63, 3.8) is 0 Å². The molecule has 1 aromatic heterocycles. The number of ether oxygens (including phenoxy) is 1. The molecule has 0 radical (unpaired) electrons. The Bertz CT molecular complexity index is 925. The maximum Gasteiger partial charge on any atom is 0.138 e. The second-order valence-corrected chi connectivity index (χ2v) is 6.40. The van der Waals surface area contributed by atoms with E-state index in [4.69, 9.17) is 4.74 Å². The molecule has 2 aromatic carbocycles. The molecule has 2 heterocycles. The summed E-state index contributed by atoms with van der Waals surface area (Å²) in [4.78, 5) is 11.5. The number of aryl methyl sites for hydroxylation is 2. The lowest BCUT2D eigenvalue weighted by atomic mass is 10.0. The van der Waals surface area contributed by atoms with E-state index in [2.05, 4.69) is 44.5 Å². The predicted octanol–water partition coefficient (Wildman–Crippen LogP) is 4.62. The van der Waals surface area contributed by atoms with E-state index in [1.165, 1.54) is 11.3 Å². The molecule has 0 spiro atoms. The topological polar surface area (TPSA) is 50.3 Å². The van der Waals surface area contributed by atoms with Crippen molar-refractivity contribution in [1.29, 1.82) is 0 Å². The zero-order valence-corrected chi connectivity index (χ0v) is 15.1. The summed E-state index contributed by atoms with van der Waals surface area (Å²) in [5.41, 5.74) is 3.55. The van der Waals surface area contributed by atoms with Gasteiger partial charge in [-0.25, -0.2) is 9.97 Å². The van der Waals surface area contributed by atoms with Crippen LogP contribution in [0.1, 0.15) is 17.8 Å². The summed E-state index contributed by atoms with van der Waals surface area (Å²) in [7, 11) is 1.67. The molecule has 0 saturated carbocycles. The number of fused-ring (bicyclic) bond motifs is 1. The van der Waals surface area contributed by atoms with Crippen LogP contribution in [0.5, 0.6) is 5.75 Å². The number of para-hydroxylation sites is 1. The van der Waals surface area contributed by atoms with Gasteiger partial charge in [0.05, 0.1) is 7.11 Å². The molecule has 0 unspecified atom stereocenters. The Kier molecular flexibility index (Phi) is 4.44. The van der Waals surface area contributed by atoms with Gasteiger partial charge in [0.1, 0.15) is 23.2 Å². The van der Waals surface area contributed by atoms with Crippen molar-refractivity contribution in [2.24, 2.45) is 0 Å². The monoisotopic (exact) mass is 346 g/mol. The van der Waals surface area contributed by atoms with Crippen LogP contribution >= 0.6 is 0 Å². The molecule has 4 rings (SSSR count). The van der Waals surface area contributed by atoms with Crippen molar-refractivity contribution < 1.29 is 4.74 Å². The number of rotatable bonds is 4. The fourth-order valence-electron chi connectivity index (χ4n) is 3.37. The molecule has 1 N–H and O–H groups in total. The van der Waals surface area contributed by atoms with Gasteiger partial charge in [0.2, 0.25) is 0 Å². The molecule has 132 valence electrons. The van der Waals surface area contributed by atoms with E-state index in [1.807, 2.05) is 37.3 Å². The van der Waals surface area contributed by atoms with Gasteiger partial charge in [0.15, 0.2) is 0 Å². The first-order chi connectivity index (χ1) is 12.7. The van der Waals surface area contributed by atoms with Gasteiger partial charge in [-0.2, -0.15) is 0 Å². The van der Waals surface area contributed by atoms with Crippen molar-refractivity contribution in [3.05, 3.63) is 66.0 Å². The quantitative estimate of drug-likeness (QED) is 0.747. The van der Waals surface area contributed by atoms with E-state index in [1.54, 1.807) is 7.11 Å². The van der Waals surface area contributed by atoms with Crippen LogP contribution in [0.4, 0.5) is 23.0 Å². The first-order valence-electron chi connectivity index (χ1n) is 8.85. The van der Waals surface area contributed by atoms with Crippen LogP contribution in [0, 0.1) is 6.92 Å². The minimum Gasteiger partial charge on any atom is -0.497 e. The van der Waals surface area contributed by atoms with Gasteiger partial charge >= 0.3 is 0 Å². The number of nitrogens with one attached hydrogen (secondary N) is 1. The van der Waals surface area contributed by atoms with Crippen LogP contribution in [0.15, 0.2) is 54.6 Å². The highest BCUT2D eigenvalue weighted by molar-refractivity contribution is 5.68. The highest BCUT2D eigenvalue weighted by Gasteiger charge is 2.19. The van der Waals surface area contributed by atoms with Crippen LogP contribution in [-0.2, 0) is 6.42 Å². The van der Waals surface area contributed by atoms with E-state index in [0.717, 1.165) is 48.3 Å². The number of anilines is 4. The van der Waals surface area contributed by atoms with Crippen molar-refractivity contribution in [2.75, 3.05) is 23.9 Å². The largest absolute Gasteiger partial charge is 0.497 e. The summed E-state index contributed by atoms with van der Waals surface area (Å²) >= 11 is 0. The third-order valence-corrected chi connectivity index (χ3v) is 4.55. The first-order valence-corrected chi connectivity index (χ1v) is 8.85. The summed E-state index contributed by atoms with van der Waals surface area (Å²) in [5.74, 6) is 3.26. The van der Waals surface area contributed by atoms with Gasteiger partial charge in [-0.05, 0) is 43.5 Å². The fraction of sp³-hybridized carbons (Fsp3) is 0.238. The third kappa shape index (κ3) is 3.33. The maximum atomic E-state index is 5.29. The molecule has 0 saturated heterocycles. The van der Waals surface area contributed by atoms with Crippen LogP contribution in [0.3, 0.4) is 0 Å². The molecule has 3 aromatic rings. The minimum atomic E-state index is 0.746.